The summed E-state index contributed by atoms with van der Waals surface area (Å²) in [7, 11) is 0. The second kappa shape index (κ2) is 15.7. The van der Waals surface area contributed by atoms with Gasteiger partial charge >= 0.3 is 24.7 Å². The summed E-state index contributed by atoms with van der Waals surface area (Å²) in [5.74, 6) is 0. The van der Waals surface area contributed by atoms with Gasteiger partial charge in [-0.15, -0.1) is 0 Å². The summed E-state index contributed by atoms with van der Waals surface area (Å²) < 4.78 is 175. The molecule has 11 aromatic rings. The summed E-state index contributed by atoms with van der Waals surface area (Å²) in [6, 6.07) is 38.9. The summed E-state index contributed by atoms with van der Waals surface area (Å²) in [6.07, 6.45) is -18.4. The molecule has 16 heteroatoms. The lowest BCUT2D eigenvalue weighted by Gasteiger charge is -2.26. The van der Waals surface area contributed by atoms with Gasteiger partial charge in [-0.25, -0.2) is 0 Å². The Morgan fingerprint density at radius 1 is 0.243 bits per heavy atom. The molecule has 0 amide bonds. The lowest BCUT2D eigenvalue weighted by atomic mass is 10.0. The molecule has 2 heterocycles. The fourth-order valence-electron chi connectivity index (χ4n) is 8.88. The van der Waals surface area contributed by atoms with Crippen molar-refractivity contribution in [3.8, 4) is 0 Å². The van der Waals surface area contributed by atoms with Crippen molar-refractivity contribution in [2.24, 2.45) is 0 Å². The molecule has 2 aromatic heterocycles. The number of hydrogen-bond donors (Lipinski definition) is 0. The standard InChI is InChI=1S/C54H28F12N2O2/c55-51(56,57)33-3-13-37(14-4-33)67(38-15-5-34(6-16-38)52(58,59)60)41-11-1-29-23-43-45-27-50-46(28-49(45)69-47(43)25-31(29)21-41)44-24-30-2-12-42(22-32(30)26-48(44)70-50)68(39-17-7-35(8-18-39)53(61,62)63)40-19-9-36(10-20-40)54(64,65)66/h1-28H. The van der Waals surface area contributed by atoms with E-state index in [-0.39, 0.29) is 22.7 Å². The highest BCUT2D eigenvalue weighted by atomic mass is 19.4. The number of nitrogens with zero attached hydrogens (tertiary/aromatic N) is 2. The first-order valence-corrected chi connectivity index (χ1v) is 21.2. The number of alkyl halides is 12. The monoisotopic (exact) mass is 964 g/mol. The fraction of sp³-hybridized carbons (Fsp3) is 0.0741. The summed E-state index contributed by atoms with van der Waals surface area (Å²) in [5.41, 5.74) is 0.511. The van der Waals surface area contributed by atoms with Gasteiger partial charge in [0.1, 0.15) is 22.3 Å². The third-order valence-corrected chi connectivity index (χ3v) is 12.3. The maximum atomic E-state index is 13.5. The van der Waals surface area contributed by atoms with Crippen molar-refractivity contribution >= 4 is 99.5 Å². The average Bonchev–Trinajstić information content (AvgIpc) is 3.84. The van der Waals surface area contributed by atoms with Crippen LogP contribution in [0.4, 0.5) is 86.8 Å². The minimum absolute atomic E-state index is 0.276. The Kier molecular flexibility index (Phi) is 9.95. The molecular weight excluding hydrogens is 937 g/mol. The summed E-state index contributed by atoms with van der Waals surface area (Å²) in [6.45, 7) is 0. The first-order valence-electron chi connectivity index (χ1n) is 21.2. The zero-order valence-electron chi connectivity index (χ0n) is 35.4. The predicted octanol–water partition coefficient (Wildman–Crippen LogP) is 18.8. The number of benzene rings is 9. The highest BCUT2D eigenvalue weighted by molar-refractivity contribution is 6.18. The first kappa shape index (κ1) is 44.4. The zero-order chi connectivity index (χ0) is 49.1. The van der Waals surface area contributed by atoms with Gasteiger partial charge in [0.05, 0.1) is 22.3 Å². The lowest BCUT2D eigenvalue weighted by molar-refractivity contribution is -0.138. The molecule has 0 bridgehead atoms. The van der Waals surface area contributed by atoms with Crippen LogP contribution in [-0.2, 0) is 24.7 Å². The summed E-state index contributed by atoms with van der Waals surface area (Å²) in [5, 5.41) is 5.77. The largest absolute Gasteiger partial charge is 0.456 e. The number of fused-ring (bicyclic) bond motifs is 8. The van der Waals surface area contributed by atoms with Crippen LogP contribution in [0.5, 0.6) is 0 Å². The van der Waals surface area contributed by atoms with E-state index >= 15 is 0 Å². The van der Waals surface area contributed by atoms with E-state index in [0.29, 0.717) is 44.5 Å². The zero-order valence-corrected chi connectivity index (χ0v) is 35.4. The van der Waals surface area contributed by atoms with Crippen LogP contribution >= 0.6 is 0 Å². The fourth-order valence-corrected chi connectivity index (χ4v) is 8.88. The van der Waals surface area contributed by atoms with Crippen molar-refractivity contribution in [1.29, 1.82) is 0 Å². The molecule has 0 atom stereocenters. The van der Waals surface area contributed by atoms with E-state index in [9.17, 15) is 52.7 Å². The second-order valence-corrected chi connectivity index (χ2v) is 16.7. The van der Waals surface area contributed by atoms with Gasteiger partial charge in [-0.05, 0) is 179 Å². The van der Waals surface area contributed by atoms with Crippen LogP contribution in [-0.4, -0.2) is 0 Å². The van der Waals surface area contributed by atoms with E-state index in [1.807, 2.05) is 24.3 Å². The minimum Gasteiger partial charge on any atom is -0.456 e. The van der Waals surface area contributed by atoms with Crippen LogP contribution in [0, 0.1) is 0 Å². The molecule has 0 unspecified atom stereocenters. The summed E-state index contributed by atoms with van der Waals surface area (Å²) >= 11 is 0. The topological polar surface area (TPSA) is 32.8 Å². The van der Waals surface area contributed by atoms with Gasteiger partial charge < -0.3 is 18.6 Å². The Labute approximate surface area is 386 Å². The van der Waals surface area contributed by atoms with E-state index in [1.54, 1.807) is 58.3 Å². The van der Waals surface area contributed by atoms with E-state index in [2.05, 4.69) is 0 Å². The molecule has 11 rings (SSSR count). The normalized spacial score (nSPS) is 12.9. The molecule has 0 N–H and O–H groups in total. The van der Waals surface area contributed by atoms with Gasteiger partial charge in [-0.1, -0.05) is 12.1 Å². The van der Waals surface area contributed by atoms with Gasteiger partial charge in [0.25, 0.3) is 0 Å². The maximum absolute atomic E-state index is 13.5. The van der Waals surface area contributed by atoms with E-state index in [1.165, 1.54) is 48.5 Å². The highest BCUT2D eigenvalue weighted by Crippen LogP contribution is 2.45. The molecule has 0 saturated carbocycles. The van der Waals surface area contributed by atoms with Crippen molar-refractivity contribution in [3.63, 3.8) is 0 Å². The van der Waals surface area contributed by atoms with Gasteiger partial charge in [-0.2, -0.15) is 52.7 Å². The minimum atomic E-state index is -4.60. The van der Waals surface area contributed by atoms with Crippen LogP contribution in [0.25, 0.3) is 65.4 Å². The molecule has 0 aliphatic rings. The quantitative estimate of drug-likeness (QED) is 0.156. The molecule has 350 valence electrons. The number of rotatable bonds is 6. The van der Waals surface area contributed by atoms with Gasteiger partial charge in [0.2, 0.25) is 0 Å². The third kappa shape index (κ3) is 7.92. The number of halogens is 12. The Morgan fingerprint density at radius 2 is 0.486 bits per heavy atom. The predicted molar refractivity (Wildman–Crippen MR) is 245 cm³/mol. The molecular formula is C54H28F12N2O2. The average molecular weight is 965 g/mol. The van der Waals surface area contributed by atoms with Crippen molar-refractivity contribution in [3.05, 3.63) is 192 Å². The Hall–Kier alpha value is -8.14. The Balaban J connectivity index is 0.971. The van der Waals surface area contributed by atoms with Gasteiger partial charge in [-0.3, -0.25) is 0 Å². The number of furan rings is 2. The van der Waals surface area contributed by atoms with Crippen LogP contribution in [0.2, 0.25) is 0 Å². The van der Waals surface area contributed by atoms with E-state index < -0.39 is 47.0 Å². The van der Waals surface area contributed by atoms with Gasteiger partial charge in [0, 0.05) is 55.7 Å². The maximum Gasteiger partial charge on any atom is 0.416 e. The molecule has 4 nitrogen and oxygen atoms in total. The van der Waals surface area contributed by atoms with Crippen molar-refractivity contribution < 1.29 is 61.5 Å². The SMILES string of the molecule is FC(F)(F)c1ccc(N(c2ccc(C(F)(F)F)cc2)c2ccc3cc4c(cc3c2)oc2cc3c(cc24)oc2cc4cc(N(c5ccc(C(F)(F)F)cc5)c5ccc(C(F)(F)F)cc5)ccc4cc23)cc1. The molecule has 0 radical (unpaired) electrons. The summed E-state index contributed by atoms with van der Waals surface area (Å²) in [4.78, 5) is 3.11. The molecule has 70 heavy (non-hydrogen) atoms. The second-order valence-electron chi connectivity index (χ2n) is 16.7. The lowest BCUT2D eigenvalue weighted by Crippen LogP contribution is -2.12. The third-order valence-electron chi connectivity index (χ3n) is 12.3. The van der Waals surface area contributed by atoms with Crippen LogP contribution in [0.1, 0.15) is 22.3 Å². The smallest absolute Gasteiger partial charge is 0.416 e. The van der Waals surface area contributed by atoms with Crippen molar-refractivity contribution in [2.75, 3.05) is 9.80 Å². The molecule has 0 fully saturated rings. The Bertz CT molecular complexity index is 3440. The molecule has 0 aliphatic carbocycles. The highest BCUT2D eigenvalue weighted by Gasteiger charge is 2.34. The van der Waals surface area contributed by atoms with E-state index in [4.69, 9.17) is 8.83 Å². The first-order chi connectivity index (χ1) is 33.2. The Morgan fingerprint density at radius 3 is 0.757 bits per heavy atom. The molecule has 0 spiro atoms. The van der Waals surface area contributed by atoms with Crippen LogP contribution < -0.4 is 9.80 Å². The van der Waals surface area contributed by atoms with Crippen LogP contribution in [0.3, 0.4) is 0 Å². The molecule has 9 aromatic carbocycles. The van der Waals surface area contributed by atoms with E-state index in [0.717, 1.165) is 80.8 Å². The molecule has 0 saturated heterocycles. The van der Waals surface area contributed by atoms with Crippen molar-refractivity contribution in [1.82, 2.24) is 0 Å². The van der Waals surface area contributed by atoms with Crippen molar-refractivity contribution in [2.45, 2.75) is 24.7 Å². The molecule has 0 aliphatic heterocycles. The van der Waals surface area contributed by atoms with Gasteiger partial charge in [0.15, 0.2) is 0 Å². The number of anilines is 6. The van der Waals surface area contributed by atoms with Crippen LogP contribution in [0.15, 0.2) is 179 Å². The number of hydrogen-bond acceptors (Lipinski definition) is 4.